The van der Waals surface area contributed by atoms with Crippen molar-refractivity contribution in [3.63, 3.8) is 0 Å². The fourth-order valence-corrected chi connectivity index (χ4v) is 3.49. The van der Waals surface area contributed by atoms with Crippen molar-refractivity contribution in [1.29, 1.82) is 0 Å². The average Bonchev–Trinajstić information content (AvgIpc) is 2.67. The number of nitrogens with zero attached hydrogens (tertiary/aromatic N) is 1. The van der Waals surface area contributed by atoms with E-state index in [1.54, 1.807) is 5.06 Å². The Kier molecular flexibility index (Phi) is 7.31. The van der Waals surface area contributed by atoms with Gasteiger partial charge in [0.2, 0.25) is 0 Å². The van der Waals surface area contributed by atoms with Crippen molar-refractivity contribution < 1.29 is 35.9 Å². The topological polar surface area (TPSA) is 21.7 Å². The van der Waals surface area contributed by atoms with Gasteiger partial charge in [0, 0.05) is 10.1 Å². The van der Waals surface area contributed by atoms with Crippen LogP contribution in [0.1, 0.15) is 28.3 Å². The first-order chi connectivity index (χ1) is 14.0. The molecule has 164 valence electrons. The highest BCUT2D eigenvalue weighted by Crippen LogP contribution is 2.36. The third-order valence-electron chi connectivity index (χ3n) is 4.63. The third-order valence-corrected chi connectivity index (χ3v) is 5.35. The summed E-state index contributed by atoms with van der Waals surface area (Å²) in [6.45, 7) is 1.18. The summed E-state index contributed by atoms with van der Waals surface area (Å²) in [7, 11) is 0. The molecule has 0 aliphatic carbocycles. The molecule has 1 aliphatic heterocycles. The minimum absolute atomic E-state index is 0.0561. The van der Waals surface area contributed by atoms with Gasteiger partial charge in [-0.15, -0.1) is 0 Å². The van der Waals surface area contributed by atoms with Gasteiger partial charge in [0.15, 0.2) is 0 Å². The van der Waals surface area contributed by atoms with Gasteiger partial charge in [-0.25, -0.2) is 0 Å². The molecule has 30 heavy (non-hydrogen) atoms. The number of ether oxygens (including phenoxy) is 1. The first-order valence-electron chi connectivity index (χ1n) is 9.05. The van der Waals surface area contributed by atoms with Gasteiger partial charge in [-0.05, 0) is 70.5 Å². The number of hydroxylamine groups is 2. The SMILES string of the molecule is FC(F)(F)c1cc(CCON2CCOC[C@@H]2c2ccc(I)cc2)cc(C(F)(F)F)c1. The highest BCUT2D eigenvalue weighted by Gasteiger charge is 2.37. The number of benzene rings is 2. The van der Waals surface area contributed by atoms with Crippen LogP contribution in [0.25, 0.3) is 0 Å². The lowest BCUT2D eigenvalue weighted by Crippen LogP contribution is -2.39. The Hall–Kier alpha value is -1.37. The van der Waals surface area contributed by atoms with Crippen molar-refractivity contribution in [2.75, 3.05) is 26.4 Å². The van der Waals surface area contributed by atoms with Crippen LogP contribution in [0.15, 0.2) is 42.5 Å². The molecule has 0 saturated carbocycles. The number of alkyl halides is 6. The van der Waals surface area contributed by atoms with Crippen molar-refractivity contribution in [1.82, 2.24) is 5.06 Å². The molecule has 1 fully saturated rings. The Labute approximate surface area is 183 Å². The summed E-state index contributed by atoms with van der Waals surface area (Å²) in [4.78, 5) is 5.72. The van der Waals surface area contributed by atoms with Gasteiger partial charge in [0.1, 0.15) is 0 Å². The van der Waals surface area contributed by atoms with Crippen LogP contribution in [-0.4, -0.2) is 31.4 Å². The van der Waals surface area contributed by atoms with E-state index in [1.807, 2.05) is 24.3 Å². The molecule has 0 radical (unpaired) electrons. The summed E-state index contributed by atoms with van der Waals surface area (Å²) >= 11 is 2.18. The van der Waals surface area contributed by atoms with Crippen LogP contribution in [0.5, 0.6) is 0 Å². The smallest absolute Gasteiger partial charge is 0.378 e. The molecule has 0 amide bonds. The van der Waals surface area contributed by atoms with E-state index in [4.69, 9.17) is 9.57 Å². The minimum atomic E-state index is -4.86. The summed E-state index contributed by atoms with van der Waals surface area (Å²) in [5.74, 6) is 0. The molecule has 3 nitrogen and oxygen atoms in total. The second-order valence-electron chi connectivity index (χ2n) is 6.78. The molecule has 1 saturated heterocycles. The van der Waals surface area contributed by atoms with Gasteiger partial charge in [-0.1, -0.05) is 12.1 Å². The van der Waals surface area contributed by atoms with E-state index in [9.17, 15) is 26.3 Å². The van der Waals surface area contributed by atoms with E-state index in [1.165, 1.54) is 0 Å². The summed E-state index contributed by atoms with van der Waals surface area (Å²) < 4.78 is 84.5. The number of hydrogen-bond acceptors (Lipinski definition) is 3. The fraction of sp³-hybridized carbons (Fsp3) is 0.400. The summed E-state index contributed by atoms with van der Waals surface area (Å²) in [6, 6.07) is 9.11. The van der Waals surface area contributed by atoms with Crippen LogP contribution in [0, 0.1) is 3.57 Å². The predicted octanol–water partition coefficient (Wildman–Crippen LogP) is 5.88. The van der Waals surface area contributed by atoms with E-state index >= 15 is 0 Å². The fourth-order valence-electron chi connectivity index (χ4n) is 3.13. The van der Waals surface area contributed by atoms with E-state index < -0.39 is 23.5 Å². The molecular formula is C20H18F6INO2. The molecule has 2 aromatic carbocycles. The van der Waals surface area contributed by atoms with Crippen LogP contribution >= 0.6 is 22.6 Å². The van der Waals surface area contributed by atoms with E-state index in [2.05, 4.69) is 22.6 Å². The highest BCUT2D eigenvalue weighted by molar-refractivity contribution is 14.1. The van der Waals surface area contributed by atoms with Crippen molar-refractivity contribution in [3.05, 3.63) is 68.3 Å². The van der Waals surface area contributed by atoms with Crippen LogP contribution < -0.4 is 0 Å². The summed E-state index contributed by atoms with van der Waals surface area (Å²) in [5, 5.41) is 1.67. The Morgan fingerprint density at radius 2 is 1.57 bits per heavy atom. The van der Waals surface area contributed by atoms with Crippen molar-refractivity contribution in [3.8, 4) is 0 Å². The largest absolute Gasteiger partial charge is 0.416 e. The van der Waals surface area contributed by atoms with Crippen LogP contribution in [0.2, 0.25) is 0 Å². The molecule has 1 aliphatic rings. The van der Waals surface area contributed by atoms with Crippen molar-refractivity contribution >= 4 is 22.6 Å². The summed E-state index contributed by atoms with van der Waals surface area (Å²) in [6.07, 6.45) is -9.82. The Balaban J connectivity index is 1.70. The van der Waals surface area contributed by atoms with Gasteiger partial charge in [-0.3, -0.25) is 4.84 Å². The molecule has 1 heterocycles. The van der Waals surface area contributed by atoms with Crippen molar-refractivity contribution in [2.45, 2.75) is 24.8 Å². The molecule has 0 aromatic heterocycles. The maximum atomic E-state index is 13.0. The number of rotatable bonds is 5. The molecule has 0 bridgehead atoms. The first-order valence-corrected chi connectivity index (χ1v) is 10.1. The van der Waals surface area contributed by atoms with E-state index in [0.29, 0.717) is 19.8 Å². The molecular weight excluding hydrogens is 527 g/mol. The molecule has 3 rings (SSSR count). The predicted molar refractivity (Wildman–Crippen MR) is 106 cm³/mol. The standard InChI is InChI=1S/C20H18F6INO2/c21-19(22,23)15-9-13(10-16(11-15)20(24,25)26)5-7-30-28-6-8-29-12-18(28)14-1-3-17(27)4-2-14/h1-4,9-11,18H,5-8,12H2/t18-/m1/s1. The monoisotopic (exact) mass is 545 g/mol. The van der Waals surface area contributed by atoms with Crippen molar-refractivity contribution in [2.24, 2.45) is 0 Å². The van der Waals surface area contributed by atoms with Gasteiger partial charge < -0.3 is 4.74 Å². The third kappa shape index (κ3) is 6.08. The number of morpholine rings is 1. The molecule has 2 aromatic rings. The summed E-state index contributed by atoms with van der Waals surface area (Å²) in [5.41, 5.74) is -1.78. The lowest BCUT2D eigenvalue weighted by Gasteiger charge is -2.34. The van der Waals surface area contributed by atoms with E-state index in [-0.39, 0.29) is 30.7 Å². The molecule has 0 spiro atoms. The zero-order chi connectivity index (χ0) is 21.9. The molecule has 0 N–H and O–H groups in total. The average molecular weight is 545 g/mol. The first kappa shape index (κ1) is 23.3. The Morgan fingerprint density at radius 3 is 2.13 bits per heavy atom. The minimum Gasteiger partial charge on any atom is -0.378 e. The maximum Gasteiger partial charge on any atom is 0.416 e. The zero-order valence-electron chi connectivity index (χ0n) is 15.6. The quantitative estimate of drug-likeness (QED) is 0.347. The van der Waals surface area contributed by atoms with Gasteiger partial charge in [-0.2, -0.15) is 31.4 Å². The Bertz CT molecular complexity index is 822. The molecule has 1 atom stereocenters. The van der Waals surface area contributed by atoms with Crippen LogP contribution in [-0.2, 0) is 28.3 Å². The van der Waals surface area contributed by atoms with Gasteiger partial charge >= 0.3 is 12.4 Å². The lowest BCUT2D eigenvalue weighted by atomic mass is 10.0. The van der Waals surface area contributed by atoms with Crippen LogP contribution in [0.3, 0.4) is 0 Å². The zero-order valence-corrected chi connectivity index (χ0v) is 17.7. The number of hydrogen-bond donors (Lipinski definition) is 0. The number of halogens is 7. The molecule has 10 heteroatoms. The highest BCUT2D eigenvalue weighted by atomic mass is 127. The molecule has 0 unspecified atom stereocenters. The Morgan fingerprint density at radius 1 is 0.967 bits per heavy atom. The normalized spacial score (nSPS) is 18.6. The van der Waals surface area contributed by atoms with E-state index in [0.717, 1.165) is 21.3 Å². The lowest BCUT2D eigenvalue weighted by molar-refractivity contribution is -0.226. The second kappa shape index (κ2) is 9.41. The second-order valence-corrected chi connectivity index (χ2v) is 8.03. The van der Waals surface area contributed by atoms with Gasteiger partial charge in [0.25, 0.3) is 0 Å². The van der Waals surface area contributed by atoms with Crippen LogP contribution in [0.4, 0.5) is 26.3 Å². The van der Waals surface area contributed by atoms with Gasteiger partial charge in [0.05, 0.1) is 37.0 Å². The maximum absolute atomic E-state index is 13.0.